The zero-order chi connectivity index (χ0) is 16.3. The molecule has 0 radical (unpaired) electrons. The molecule has 0 N–H and O–H groups in total. The van der Waals surface area contributed by atoms with Gasteiger partial charge in [-0.1, -0.05) is 8.98 Å². The highest BCUT2D eigenvalue weighted by molar-refractivity contribution is 7.19. The predicted octanol–water partition coefficient (Wildman–Crippen LogP) is 5.77. The molecule has 0 saturated carbocycles. The molecule has 0 unspecified atom stereocenters. The van der Waals surface area contributed by atoms with Crippen LogP contribution in [0.4, 0.5) is 0 Å². The van der Waals surface area contributed by atoms with Crippen LogP contribution < -0.4 is 0 Å². The van der Waals surface area contributed by atoms with E-state index in [1.807, 2.05) is 0 Å². The van der Waals surface area contributed by atoms with E-state index in [1.165, 1.54) is 42.6 Å². The number of fused-ring (bicyclic) bond motifs is 2. The summed E-state index contributed by atoms with van der Waals surface area (Å²) in [6, 6.07) is 8.59. The van der Waals surface area contributed by atoms with Crippen LogP contribution in [-0.2, 0) is 0 Å². The van der Waals surface area contributed by atoms with E-state index in [9.17, 15) is 0 Å². The van der Waals surface area contributed by atoms with Crippen LogP contribution in [0.25, 0.3) is 41.3 Å². The fourth-order valence-corrected chi connectivity index (χ4v) is 6.28. The largest absolute Gasteiger partial charge is 0.140 e. The Morgan fingerprint density at radius 3 is 1.50 bits per heavy atom. The van der Waals surface area contributed by atoms with E-state index in [0.29, 0.717) is 0 Å². The summed E-state index contributed by atoms with van der Waals surface area (Å²) in [5.41, 5.74) is 4.17. The highest BCUT2D eigenvalue weighted by Gasteiger charge is 2.23. The van der Waals surface area contributed by atoms with E-state index in [-0.39, 0.29) is 0 Å². The molecule has 0 atom stereocenters. The monoisotopic (exact) mass is 386 g/mol. The van der Waals surface area contributed by atoms with Gasteiger partial charge >= 0.3 is 0 Å². The molecule has 5 rings (SSSR count). The first-order valence-corrected chi connectivity index (χ1v) is 10.4. The highest BCUT2D eigenvalue weighted by atomic mass is 32.1. The van der Waals surface area contributed by atoms with Crippen molar-refractivity contribution < 1.29 is 0 Å². The normalized spacial score (nSPS) is 11.8. The van der Waals surface area contributed by atoms with E-state index >= 15 is 0 Å². The summed E-state index contributed by atoms with van der Waals surface area (Å²) in [5.74, 6) is 0. The van der Waals surface area contributed by atoms with Gasteiger partial charge in [-0.15, -0.1) is 32.9 Å². The van der Waals surface area contributed by atoms with Crippen molar-refractivity contribution in [3.63, 3.8) is 0 Å². The average Bonchev–Trinajstić information content (AvgIpc) is 3.31. The van der Waals surface area contributed by atoms with Gasteiger partial charge in [-0.2, -0.15) is 0 Å². The Morgan fingerprint density at radius 2 is 1.12 bits per heavy atom. The molecule has 24 heavy (non-hydrogen) atoms. The van der Waals surface area contributed by atoms with E-state index < -0.39 is 0 Å². The van der Waals surface area contributed by atoms with Gasteiger partial charge in [-0.3, -0.25) is 0 Å². The molecule has 0 aliphatic heterocycles. The molecule has 0 aliphatic rings. The Morgan fingerprint density at radius 1 is 0.667 bits per heavy atom. The summed E-state index contributed by atoms with van der Waals surface area (Å²) in [4.78, 5) is 4.97. The molecule has 118 valence electrons. The van der Waals surface area contributed by atoms with E-state index in [0.717, 1.165) is 31.6 Å². The first-order valence-electron chi connectivity index (χ1n) is 7.26. The summed E-state index contributed by atoms with van der Waals surface area (Å²) in [5, 5.41) is 8.92. The Labute approximate surface area is 153 Å². The standard InChI is InChI=1S/C16H10N4S4/c1-7-3-5-9(21-7)11-13-16(24-19-17-13)12(10-6-4-8(2)22-10)14-15(11)23-20-18-14/h3-6H,1-2H3. The highest BCUT2D eigenvalue weighted by Crippen LogP contribution is 2.47. The molecule has 0 spiro atoms. The van der Waals surface area contributed by atoms with Crippen LogP contribution >= 0.6 is 45.7 Å². The molecule has 8 heteroatoms. The van der Waals surface area contributed by atoms with Crippen molar-refractivity contribution in [1.82, 2.24) is 19.2 Å². The molecule has 1 aromatic carbocycles. The van der Waals surface area contributed by atoms with E-state index in [4.69, 9.17) is 0 Å². The minimum absolute atomic E-state index is 0.960. The minimum atomic E-state index is 0.960. The lowest BCUT2D eigenvalue weighted by Gasteiger charge is -2.05. The third-order valence-electron chi connectivity index (χ3n) is 3.88. The smallest absolute Gasteiger partial charge is 0.116 e. The second kappa shape index (κ2) is 5.38. The van der Waals surface area contributed by atoms with Gasteiger partial charge in [0.1, 0.15) is 11.0 Å². The van der Waals surface area contributed by atoms with Crippen LogP contribution in [0.1, 0.15) is 9.75 Å². The first kappa shape index (κ1) is 14.6. The summed E-state index contributed by atoms with van der Waals surface area (Å²) >= 11 is 6.43. The Balaban J connectivity index is 1.96. The number of aryl methyl sites for hydroxylation is 2. The molecule has 5 aromatic rings. The van der Waals surface area contributed by atoms with Crippen molar-refractivity contribution in [1.29, 1.82) is 0 Å². The van der Waals surface area contributed by atoms with E-state index in [2.05, 4.69) is 57.3 Å². The van der Waals surface area contributed by atoms with Gasteiger partial charge in [-0.05, 0) is 61.2 Å². The fraction of sp³-hybridized carbons (Fsp3) is 0.125. The van der Waals surface area contributed by atoms with Crippen molar-refractivity contribution in [3.05, 3.63) is 34.0 Å². The summed E-state index contributed by atoms with van der Waals surface area (Å²) in [6.45, 7) is 4.24. The molecular weight excluding hydrogens is 376 g/mol. The number of hydrogen-bond donors (Lipinski definition) is 0. The zero-order valence-corrected chi connectivity index (χ0v) is 16.0. The Kier molecular flexibility index (Phi) is 3.27. The van der Waals surface area contributed by atoms with Gasteiger partial charge in [0, 0.05) is 30.6 Å². The number of nitrogens with zero attached hydrogens (tertiary/aromatic N) is 4. The molecule has 4 heterocycles. The summed E-state index contributed by atoms with van der Waals surface area (Å²) in [6.07, 6.45) is 0. The van der Waals surface area contributed by atoms with Gasteiger partial charge in [0.05, 0.1) is 9.40 Å². The number of thiophene rings is 2. The molecule has 4 aromatic heterocycles. The maximum Gasteiger partial charge on any atom is 0.116 e. The van der Waals surface area contributed by atoms with Crippen LogP contribution in [0.3, 0.4) is 0 Å². The van der Waals surface area contributed by atoms with Crippen molar-refractivity contribution >= 4 is 66.2 Å². The van der Waals surface area contributed by atoms with E-state index in [1.54, 1.807) is 22.7 Å². The van der Waals surface area contributed by atoms with Crippen molar-refractivity contribution in [2.75, 3.05) is 0 Å². The van der Waals surface area contributed by atoms with Crippen LogP contribution in [0, 0.1) is 13.8 Å². The summed E-state index contributed by atoms with van der Waals surface area (Å²) in [7, 11) is 0. The van der Waals surface area contributed by atoms with Gasteiger partial charge in [0.15, 0.2) is 0 Å². The first-order chi connectivity index (χ1) is 11.7. The predicted molar refractivity (Wildman–Crippen MR) is 104 cm³/mol. The SMILES string of the molecule is Cc1ccc(-c2c3nnsc3c(-c3ccc(C)s3)c3nnsc23)s1. The minimum Gasteiger partial charge on any atom is -0.140 e. The van der Waals surface area contributed by atoms with Crippen molar-refractivity contribution in [2.45, 2.75) is 13.8 Å². The lowest BCUT2D eigenvalue weighted by atomic mass is 10.1. The molecule has 0 bridgehead atoms. The van der Waals surface area contributed by atoms with Gasteiger partial charge in [0.2, 0.25) is 0 Å². The van der Waals surface area contributed by atoms with Crippen LogP contribution in [0.5, 0.6) is 0 Å². The van der Waals surface area contributed by atoms with Gasteiger partial charge in [-0.25, -0.2) is 0 Å². The second-order valence-electron chi connectivity index (χ2n) is 5.47. The molecule has 0 aliphatic carbocycles. The fourth-order valence-electron chi connectivity index (χ4n) is 2.85. The van der Waals surface area contributed by atoms with Gasteiger partial charge < -0.3 is 0 Å². The topological polar surface area (TPSA) is 51.6 Å². The van der Waals surface area contributed by atoms with Crippen LogP contribution in [-0.4, -0.2) is 19.2 Å². The third kappa shape index (κ3) is 2.07. The third-order valence-corrected chi connectivity index (χ3v) is 7.40. The molecular formula is C16H10N4S4. The maximum absolute atomic E-state index is 4.46. The molecule has 0 fully saturated rings. The molecule has 4 nitrogen and oxygen atoms in total. The lowest BCUT2D eigenvalue weighted by molar-refractivity contribution is 1.20. The molecule has 0 amide bonds. The lowest BCUT2D eigenvalue weighted by Crippen LogP contribution is -1.84. The van der Waals surface area contributed by atoms with Crippen molar-refractivity contribution in [2.24, 2.45) is 0 Å². The quantitative estimate of drug-likeness (QED) is 0.386. The van der Waals surface area contributed by atoms with Crippen LogP contribution in [0.2, 0.25) is 0 Å². The Hall–Kier alpha value is -1.74. The Bertz CT molecular complexity index is 1050. The van der Waals surface area contributed by atoms with Crippen LogP contribution in [0.15, 0.2) is 24.3 Å². The number of rotatable bonds is 2. The number of benzene rings is 1. The average molecular weight is 387 g/mol. The summed E-state index contributed by atoms with van der Waals surface area (Å²) < 4.78 is 10.7. The molecule has 0 saturated heterocycles. The van der Waals surface area contributed by atoms with Gasteiger partial charge in [0.25, 0.3) is 0 Å². The zero-order valence-electron chi connectivity index (χ0n) is 12.7. The second-order valence-corrected chi connectivity index (χ2v) is 9.56. The number of hydrogen-bond acceptors (Lipinski definition) is 8. The maximum atomic E-state index is 4.46. The van der Waals surface area contributed by atoms with Crippen molar-refractivity contribution in [3.8, 4) is 20.9 Å². The number of aromatic nitrogens is 4.